The quantitative estimate of drug-likeness (QED) is 0.380. The summed E-state index contributed by atoms with van der Waals surface area (Å²) in [7, 11) is 0. The van der Waals surface area contributed by atoms with Crippen LogP contribution in [-0.2, 0) is 9.59 Å². The zero-order valence-electron chi connectivity index (χ0n) is 17.4. The Morgan fingerprint density at radius 1 is 0.931 bits per heavy atom. The van der Waals surface area contributed by atoms with Crippen LogP contribution in [0, 0.1) is 12.8 Å². The van der Waals surface area contributed by atoms with Gasteiger partial charge >= 0.3 is 11.9 Å². The van der Waals surface area contributed by atoms with E-state index in [-0.39, 0.29) is 5.92 Å². The average Bonchev–Trinajstić information content (AvgIpc) is 3.21. The number of fused-ring (bicyclic) bond motifs is 6. The molecule has 4 nitrogen and oxygen atoms in total. The number of carbonyl (C=O) groups excluding carboxylic acids is 2. The second-order valence-corrected chi connectivity index (χ2v) is 8.63. The van der Waals surface area contributed by atoms with Gasteiger partial charge in [0.25, 0.3) is 0 Å². The molecule has 2 aromatic rings. The van der Waals surface area contributed by atoms with Gasteiger partial charge < -0.3 is 9.47 Å². The van der Waals surface area contributed by atoms with Crippen LogP contribution < -0.4 is 9.47 Å². The Hall–Kier alpha value is -2.88. The molecule has 4 rings (SSSR count). The highest BCUT2D eigenvalue weighted by Gasteiger charge is 2.47. The van der Waals surface area contributed by atoms with E-state index in [2.05, 4.69) is 20.1 Å². The van der Waals surface area contributed by atoms with Gasteiger partial charge in [0.2, 0.25) is 0 Å². The first kappa shape index (κ1) is 19.4. The number of benzene rings is 2. The van der Waals surface area contributed by atoms with Crippen LogP contribution in [-0.4, -0.2) is 11.9 Å². The molecule has 0 spiro atoms. The van der Waals surface area contributed by atoms with E-state index in [1.54, 1.807) is 13.8 Å². The third-order valence-electron chi connectivity index (χ3n) is 6.19. The third-order valence-corrected chi connectivity index (χ3v) is 6.19. The van der Waals surface area contributed by atoms with Crippen LogP contribution in [0.4, 0.5) is 0 Å². The summed E-state index contributed by atoms with van der Waals surface area (Å²) in [5, 5.41) is 1.58. The predicted octanol–water partition coefficient (Wildman–Crippen LogP) is 5.72. The highest BCUT2D eigenvalue weighted by molar-refractivity contribution is 6.02. The first-order valence-corrected chi connectivity index (χ1v) is 10.0. The highest BCUT2D eigenvalue weighted by atomic mass is 16.5. The summed E-state index contributed by atoms with van der Waals surface area (Å²) >= 11 is 0. The Morgan fingerprint density at radius 3 is 2.10 bits per heavy atom. The lowest BCUT2D eigenvalue weighted by molar-refractivity contribution is -0.131. The number of esters is 2. The van der Waals surface area contributed by atoms with Gasteiger partial charge in [-0.05, 0) is 57.4 Å². The first-order valence-electron chi connectivity index (χ1n) is 10.0. The zero-order chi connectivity index (χ0) is 21.0. The number of hydrogen-bond donors (Lipinski definition) is 0. The highest BCUT2D eigenvalue weighted by Crippen LogP contribution is 2.63. The van der Waals surface area contributed by atoms with Crippen LogP contribution >= 0.6 is 0 Å². The summed E-state index contributed by atoms with van der Waals surface area (Å²) in [5.74, 6) is 1.40. The summed E-state index contributed by atoms with van der Waals surface area (Å²) in [6.07, 6.45) is 2.03. The molecule has 0 heterocycles. The fourth-order valence-electron chi connectivity index (χ4n) is 4.82. The molecule has 2 aliphatic carbocycles. The molecule has 0 amide bonds. The van der Waals surface area contributed by atoms with Crippen molar-refractivity contribution in [3.05, 3.63) is 59.2 Å². The average molecular weight is 390 g/mol. The number of rotatable bonds is 4. The molecular weight excluding hydrogens is 364 g/mol. The summed E-state index contributed by atoms with van der Waals surface area (Å²) < 4.78 is 11.8. The lowest BCUT2D eigenvalue weighted by Gasteiger charge is -2.27. The van der Waals surface area contributed by atoms with Gasteiger partial charge in [0, 0.05) is 33.0 Å². The number of hydrogen-bond acceptors (Lipinski definition) is 4. The SMILES string of the molecule is C=C(C)C(=O)Oc1c2c(c(OC(=O)C(=C)C)c3ccc(C)cc13)C1CC2CC1C. The Bertz CT molecular complexity index is 1090. The van der Waals surface area contributed by atoms with Gasteiger partial charge in [-0.1, -0.05) is 37.8 Å². The maximum atomic E-state index is 12.4. The van der Waals surface area contributed by atoms with Crippen LogP contribution in [0.25, 0.3) is 10.8 Å². The maximum Gasteiger partial charge on any atom is 0.338 e. The van der Waals surface area contributed by atoms with Crippen LogP contribution in [0.1, 0.15) is 62.1 Å². The Kier molecular flexibility index (Phi) is 4.60. The number of carbonyl (C=O) groups is 2. The fraction of sp³-hybridized carbons (Fsp3) is 0.360. The number of aryl methyl sites for hydroxylation is 1. The largest absolute Gasteiger partial charge is 0.422 e. The molecule has 0 radical (unpaired) electrons. The van der Waals surface area contributed by atoms with Gasteiger partial charge in [-0.2, -0.15) is 0 Å². The van der Waals surface area contributed by atoms with E-state index in [1.807, 2.05) is 25.1 Å². The van der Waals surface area contributed by atoms with Crippen molar-refractivity contribution in [2.24, 2.45) is 5.92 Å². The Labute approximate surface area is 171 Å². The summed E-state index contributed by atoms with van der Waals surface area (Å²) in [6.45, 7) is 15.0. The molecule has 0 N–H and O–H groups in total. The lowest BCUT2D eigenvalue weighted by Crippen LogP contribution is -2.17. The minimum atomic E-state index is -0.434. The minimum Gasteiger partial charge on any atom is -0.422 e. The Morgan fingerprint density at radius 2 is 1.52 bits per heavy atom. The molecule has 2 aliphatic rings. The molecule has 0 aliphatic heterocycles. The molecule has 0 aromatic heterocycles. The van der Waals surface area contributed by atoms with Gasteiger partial charge in [0.05, 0.1) is 0 Å². The van der Waals surface area contributed by atoms with Gasteiger partial charge in [0.15, 0.2) is 0 Å². The molecular formula is C25H26O4. The van der Waals surface area contributed by atoms with Gasteiger partial charge in [-0.15, -0.1) is 0 Å². The second-order valence-electron chi connectivity index (χ2n) is 8.63. The molecule has 4 heteroatoms. The molecule has 1 fully saturated rings. The van der Waals surface area contributed by atoms with E-state index < -0.39 is 11.9 Å². The maximum absolute atomic E-state index is 12.4. The Balaban J connectivity index is 2.03. The zero-order valence-corrected chi connectivity index (χ0v) is 17.4. The molecule has 150 valence electrons. The molecule has 1 saturated carbocycles. The van der Waals surface area contributed by atoms with E-state index in [0.717, 1.165) is 40.3 Å². The topological polar surface area (TPSA) is 52.6 Å². The molecule has 3 unspecified atom stereocenters. The van der Waals surface area contributed by atoms with Crippen LogP contribution in [0.15, 0.2) is 42.5 Å². The first-order chi connectivity index (χ1) is 13.7. The fourth-order valence-corrected chi connectivity index (χ4v) is 4.82. The van der Waals surface area contributed by atoms with E-state index in [4.69, 9.17) is 9.47 Å². The van der Waals surface area contributed by atoms with Crippen molar-refractivity contribution < 1.29 is 19.1 Å². The summed E-state index contributed by atoms with van der Waals surface area (Å²) in [6, 6.07) is 5.92. The van der Waals surface area contributed by atoms with Gasteiger partial charge in [-0.25, -0.2) is 9.59 Å². The van der Waals surface area contributed by atoms with E-state index in [1.165, 1.54) is 0 Å². The number of ether oxygens (including phenoxy) is 2. The normalized spacial score (nSPS) is 21.7. The van der Waals surface area contributed by atoms with Crippen LogP contribution in [0.2, 0.25) is 0 Å². The van der Waals surface area contributed by atoms with Crippen molar-refractivity contribution in [3.8, 4) is 11.5 Å². The van der Waals surface area contributed by atoms with E-state index in [9.17, 15) is 9.59 Å². The van der Waals surface area contributed by atoms with E-state index in [0.29, 0.717) is 34.5 Å². The smallest absolute Gasteiger partial charge is 0.338 e. The third kappa shape index (κ3) is 3.07. The molecule has 2 bridgehead atoms. The summed E-state index contributed by atoms with van der Waals surface area (Å²) in [5.41, 5.74) is 3.79. The van der Waals surface area contributed by atoms with Crippen LogP contribution in [0.3, 0.4) is 0 Å². The molecule has 3 atom stereocenters. The molecule has 0 saturated heterocycles. The van der Waals surface area contributed by atoms with Gasteiger partial charge in [0.1, 0.15) is 11.5 Å². The predicted molar refractivity (Wildman–Crippen MR) is 113 cm³/mol. The van der Waals surface area contributed by atoms with E-state index >= 15 is 0 Å². The van der Waals surface area contributed by atoms with Crippen molar-refractivity contribution >= 4 is 22.7 Å². The van der Waals surface area contributed by atoms with Crippen molar-refractivity contribution in [2.75, 3.05) is 0 Å². The second kappa shape index (κ2) is 6.87. The molecule has 2 aromatic carbocycles. The summed E-state index contributed by atoms with van der Waals surface area (Å²) in [4.78, 5) is 24.9. The molecule has 29 heavy (non-hydrogen) atoms. The lowest BCUT2D eigenvalue weighted by atomic mass is 9.81. The van der Waals surface area contributed by atoms with Crippen molar-refractivity contribution in [1.29, 1.82) is 0 Å². The van der Waals surface area contributed by atoms with Crippen molar-refractivity contribution in [1.82, 2.24) is 0 Å². The van der Waals surface area contributed by atoms with Crippen LogP contribution in [0.5, 0.6) is 11.5 Å². The van der Waals surface area contributed by atoms with Crippen molar-refractivity contribution in [3.63, 3.8) is 0 Å². The standard InChI is InChI=1S/C25H26O4/c1-12(2)24(26)28-22-17-8-7-14(5)9-19(17)23(29-25(27)13(3)4)20-16-10-15(6)18(11-16)21(20)22/h7-9,15-16,18H,1,3,10-11H2,2,4-6H3. The minimum absolute atomic E-state index is 0.288. The monoisotopic (exact) mass is 390 g/mol. The van der Waals surface area contributed by atoms with Crippen molar-refractivity contribution in [2.45, 2.75) is 52.4 Å². The van der Waals surface area contributed by atoms with Gasteiger partial charge in [-0.3, -0.25) is 0 Å².